The van der Waals surface area contributed by atoms with Gasteiger partial charge >= 0.3 is 0 Å². The van der Waals surface area contributed by atoms with Crippen molar-refractivity contribution >= 4 is 11.8 Å². The van der Waals surface area contributed by atoms with Crippen LogP contribution in [0.15, 0.2) is 23.8 Å². The average molecular weight is 262 g/mol. The number of aryl methyl sites for hydroxylation is 1. The minimum atomic E-state index is -0.326. The molecule has 0 radical (unpaired) electrons. The lowest BCUT2D eigenvalue weighted by molar-refractivity contribution is -0.385. The number of nitro groups is 1. The molecule has 1 N–H and O–H groups in total. The van der Waals surface area contributed by atoms with Crippen LogP contribution in [0.25, 0.3) is 6.08 Å². The van der Waals surface area contributed by atoms with E-state index in [-0.39, 0.29) is 10.6 Å². The van der Waals surface area contributed by atoms with Crippen LogP contribution in [0.5, 0.6) is 0 Å². The van der Waals surface area contributed by atoms with E-state index in [0.29, 0.717) is 5.56 Å². The van der Waals surface area contributed by atoms with E-state index < -0.39 is 0 Å². The maximum atomic E-state index is 10.9. The van der Waals surface area contributed by atoms with Crippen molar-refractivity contribution in [3.8, 4) is 0 Å². The van der Waals surface area contributed by atoms with Crippen LogP contribution in [-0.4, -0.2) is 18.0 Å². The summed E-state index contributed by atoms with van der Waals surface area (Å²) < 4.78 is 0. The van der Waals surface area contributed by atoms with Crippen molar-refractivity contribution in [2.75, 3.05) is 13.1 Å². The molecular weight excluding hydrogens is 240 g/mol. The molecule has 0 saturated carbocycles. The molecule has 0 aliphatic rings. The number of hydrogen-bond acceptors (Lipinski definition) is 3. The molecule has 0 spiro atoms. The highest BCUT2D eigenvalue weighted by Gasteiger charge is 2.10. The van der Waals surface area contributed by atoms with Gasteiger partial charge in [-0.25, -0.2) is 0 Å². The maximum Gasteiger partial charge on any atom is 0.272 e. The number of rotatable bonds is 7. The molecule has 0 unspecified atom stereocenters. The number of benzene rings is 1. The molecule has 0 fully saturated rings. The molecule has 0 aliphatic carbocycles. The topological polar surface area (TPSA) is 55.2 Å². The summed E-state index contributed by atoms with van der Waals surface area (Å²) in [6, 6.07) is 5.37. The summed E-state index contributed by atoms with van der Waals surface area (Å²) in [5.74, 6) is 0. The van der Waals surface area contributed by atoms with Crippen molar-refractivity contribution in [2.24, 2.45) is 0 Å². The number of nitrogens with one attached hydrogen (secondary N) is 1. The Morgan fingerprint density at radius 2 is 2.16 bits per heavy atom. The third kappa shape index (κ3) is 4.83. The Kier molecular flexibility index (Phi) is 6.22. The molecule has 0 aromatic heterocycles. The Morgan fingerprint density at radius 1 is 1.42 bits per heavy atom. The van der Waals surface area contributed by atoms with E-state index in [0.717, 1.165) is 31.5 Å². The molecular formula is C15H22N2O2. The normalized spacial score (nSPS) is 11.6. The van der Waals surface area contributed by atoms with Crippen LogP contribution in [0.1, 0.15) is 37.8 Å². The highest BCUT2D eigenvalue weighted by atomic mass is 16.6. The lowest BCUT2D eigenvalue weighted by Crippen LogP contribution is -2.17. The van der Waals surface area contributed by atoms with Gasteiger partial charge in [0, 0.05) is 18.2 Å². The Labute approximate surface area is 114 Å². The lowest BCUT2D eigenvalue weighted by Gasteiger charge is -2.07. The van der Waals surface area contributed by atoms with Crippen molar-refractivity contribution in [3.63, 3.8) is 0 Å². The van der Waals surface area contributed by atoms with E-state index in [4.69, 9.17) is 0 Å². The monoisotopic (exact) mass is 262 g/mol. The largest absolute Gasteiger partial charge is 0.313 e. The first-order valence-corrected chi connectivity index (χ1v) is 6.73. The highest BCUT2D eigenvalue weighted by molar-refractivity contribution is 5.58. The molecule has 0 heterocycles. The van der Waals surface area contributed by atoms with Crippen molar-refractivity contribution < 1.29 is 4.92 Å². The van der Waals surface area contributed by atoms with Crippen LogP contribution in [0.3, 0.4) is 0 Å². The van der Waals surface area contributed by atoms with Gasteiger partial charge in [-0.3, -0.25) is 10.1 Å². The standard InChI is InChI=1S/C15H22N2O2/c1-4-8-16-11-13(5-2)9-14-7-6-12(3)15(10-14)17(18)19/h6-7,9-10,16H,4-5,8,11H2,1-3H3. The molecule has 19 heavy (non-hydrogen) atoms. The Balaban J connectivity index is 2.89. The molecule has 1 rings (SSSR count). The SMILES string of the molecule is CCCNCC(=Cc1ccc(C)c([N+](=O)[O-])c1)CC. The maximum absolute atomic E-state index is 10.9. The van der Waals surface area contributed by atoms with E-state index in [1.165, 1.54) is 5.57 Å². The molecule has 0 atom stereocenters. The first-order chi connectivity index (χ1) is 9.08. The van der Waals surface area contributed by atoms with Crippen LogP contribution in [0, 0.1) is 17.0 Å². The smallest absolute Gasteiger partial charge is 0.272 e. The van der Waals surface area contributed by atoms with E-state index in [1.807, 2.05) is 12.1 Å². The zero-order valence-electron chi connectivity index (χ0n) is 11.9. The quantitative estimate of drug-likeness (QED) is 0.463. The van der Waals surface area contributed by atoms with Crippen LogP contribution in [0.2, 0.25) is 0 Å². The van der Waals surface area contributed by atoms with Crippen LogP contribution >= 0.6 is 0 Å². The lowest BCUT2D eigenvalue weighted by atomic mass is 10.1. The van der Waals surface area contributed by atoms with Gasteiger partial charge in [-0.15, -0.1) is 0 Å². The molecule has 0 aliphatic heterocycles. The summed E-state index contributed by atoms with van der Waals surface area (Å²) >= 11 is 0. The fraction of sp³-hybridized carbons (Fsp3) is 0.467. The Bertz CT molecular complexity index is 467. The van der Waals surface area contributed by atoms with E-state index in [9.17, 15) is 10.1 Å². The van der Waals surface area contributed by atoms with Crippen LogP contribution < -0.4 is 5.32 Å². The fourth-order valence-corrected chi connectivity index (χ4v) is 1.85. The predicted molar refractivity (Wildman–Crippen MR) is 79.3 cm³/mol. The minimum absolute atomic E-state index is 0.186. The van der Waals surface area contributed by atoms with Gasteiger partial charge in [-0.2, -0.15) is 0 Å². The molecule has 4 heteroatoms. The second kappa shape index (κ2) is 7.69. The van der Waals surface area contributed by atoms with Gasteiger partial charge in [-0.05, 0) is 31.9 Å². The second-order valence-corrected chi connectivity index (χ2v) is 4.64. The second-order valence-electron chi connectivity index (χ2n) is 4.64. The van der Waals surface area contributed by atoms with Crippen LogP contribution in [0.4, 0.5) is 5.69 Å². The molecule has 0 saturated heterocycles. The Hall–Kier alpha value is -1.68. The summed E-state index contributed by atoms with van der Waals surface area (Å²) in [7, 11) is 0. The van der Waals surface area contributed by atoms with Gasteiger partial charge in [-0.1, -0.05) is 37.6 Å². The molecule has 1 aromatic rings. The first kappa shape index (κ1) is 15.4. The van der Waals surface area contributed by atoms with E-state index >= 15 is 0 Å². The van der Waals surface area contributed by atoms with Crippen molar-refractivity contribution in [3.05, 3.63) is 45.0 Å². The summed E-state index contributed by atoms with van der Waals surface area (Å²) in [5.41, 5.74) is 3.04. The third-order valence-corrected chi connectivity index (χ3v) is 3.03. The van der Waals surface area contributed by atoms with Gasteiger partial charge in [0.15, 0.2) is 0 Å². The Morgan fingerprint density at radius 3 is 2.74 bits per heavy atom. The van der Waals surface area contributed by atoms with Crippen molar-refractivity contribution in [1.82, 2.24) is 5.32 Å². The summed E-state index contributed by atoms with van der Waals surface area (Å²) in [5, 5.41) is 14.3. The number of nitro benzene ring substituents is 1. The number of nitrogens with zero attached hydrogens (tertiary/aromatic N) is 1. The van der Waals surface area contributed by atoms with Gasteiger partial charge in [0.05, 0.1) is 4.92 Å². The zero-order chi connectivity index (χ0) is 14.3. The van der Waals surface area contributed by atoms with Crippen LogP contribution in [-0.2, 0) is 0 Å². The average Bonchev–Trinajstić information content (AvgIpc) is 2.39. The van der Waals surface area contributed by atoms with E-state index in [2.05, 4.69) is 19.2 Å². The summed E-state index contributed by atoms with van der Waals surface area (Å²) in [4.78, 5) is 10.6. The summed E-state index contributed by atoms with van der Waals surface area (Å²) in [6.07, 6.45) is 4.08. The van der Waals surface area contributed by atoms with Gasteiger partial charge in [0.1, 0.15) is 0 Å². The molecule has 1 aromatic carbocycles. The first-order valence-electron chi connectivity index (χ1n) is 6.73. The molecule has 0 amide bonds. The van der Waals surface area contributed by atoms with Gasteiger partial charge in [0.25, 0.3) is 5.69 Å². The summed E-state index contributed by atoms with van der Waals surface area (Å²) in [6.45, 7) is 7.82. The van der Waals surface area contributed by atoms with Gasteiger partial charge in [0.2, 0.25) is 0 Å². The molecule has 4 nitrogen and oxygen atoms in total. The van der Waals surface area contributed by atoms with Crippen molar-refractivity contribution in [1.29, 1.82) is 0 Å². The highest BCUT2D eigenvalue weighted by Crippen LogP contribution is 2.21. The predicted octanol–water partition coefficient (Wildman–Crippen LogP) is 3.70. The molecule has 104 valence electrons. The van der Waals surface area contributed by atoms with Gasteiger partial charge < -0.3 is 5.32 Å². The van der Waals surface area contributed by atoms with E-state index in [1.54, 1.807) is 19.1 Å². The van der Waals surface area contributed by atoms with Crippen molar-refractivity contribution in [2.45, 2.75) is 33.6 Å². The third-order valence-electron chi connectivity index (χ3n) is 3.03. The fourth-order valence-electron chi connectivity index (χ4n) is 1.85. The number of hydrogen-bond donors (Lipinski definition) is 1. The minimum Gasteiger partial charge on any atom is -0.313 e. The zero-order valence-corrected chi connectivity index (χ0v) is 11.9. The molecule has 0 bridgehead atoms.